The van der Waals surface area contributed by atoms with Gasteiger partial charge in [0.2, 0.25) is 0 Å². The van der Waals surface area contributed by atoms with Crippen molar-refractivity contribution in [2.24, 2.45) is 0 Å². The molecule has 0 saturated heterocycles. The molecule has 0 aliphatic heterocycles. The van der Waals surface area contributed by atoms with Crippen molar-refractivity contribution in [2.75, 3.05) is 12.3 Å². The number of nitrogens with zero attached hydrogens (tertiary/aromatic N) is 1. The van der Waals surface area contributed by atoms with Crippen molar-refractivity contribution < 1.29 is 4.79 Å². The normalized spacial score (nSPS) is 10.6. The summed E-state index contributed by atoms with van der Waals surface area (Å²) < 4.78 is 1.73. The zero-order chi connectivity index (χ0) is 14.7. The van der Waals surface area contributed by atoms with Gasteiger partial charge in [-0.25, -0.2) is 0 Å². The lowest BCUT2D eigenvalue weighted by molar-refractivity contribution is 0.0753. The monoisotopic (exact) mass is 416 g/mol. The number of amides is 1. The van der Waals surface area contributed by atoms with E-state index in [2.05, 4.69) is 31.9 Å². The Bertz CT molecular complexity index is 627. The van der Waals surface area contributed by atoms with Gasteiger partial charge in [0.25, 0.3) is 5.91 Å². The molecule has 106 valence electrons. The Morgan fingerprint density at radius 1 is 1.30 bits per heavy atom. The lowest BCUT2D eigenvalue weighted by Gasteiger charge is -2.21. The molecule has 1 amide bonds. The van der Waals surface area contributed by atoms with Crippen LogP contribution >= 0.6 is 43.2 Å². The predicted octanol–water partition coefficient (Wildman–Crippen LogP) is 4.52. The summed E-state index contributed by atoms with van der Waals surface area (Å²) in [6.07, 6.45) is 0. The molecule has 0 aliphatic rings. The lowest BCUT2D eigenvalue weighted by Crippen LogP contribution is -2.30. The molecule has 1 heterocycles. The number of carbonyl (C=O) groups excluding carboxylic acids is 1. The number of benzene rings is 1. The third-order valence-corrected chi connectivity index (χ3v) is 5.40. The first-order chi connectivity index (χ1) is 9.52. The van der Waals surface area contributed by atoms with Crippen molar-refractivity contribution >= 4 is 54.8 Å². The second-order valence-corrected chi connectivity index (χ2v) is 7.57. The standard InChI is InChI=1S/C14H14Br2N2OS/c1-2-18(8-9-6-7-12(15)20-9)14(19)10-4-3-5-11(17)13(10)16/h3-7H,2,8,17H2,1H3. The summed E-state index contributed by atoms with van der Waals surface area (Å²) >= 11 is 8.47. The summed E-state index contributed by atoms with van der Waals surface area (Å²) in [5, 5.41) is 0. The fourth-order valence-electron chi connectivity index (χ4n) is 1.84. The number of halogens is 2. The molecule has 0 atom stereocenters. The summed E-state index contributed by atoms with van der Waals surface area (Å²) in [5.74, 6) is -0.0174. The summed E-state index contributed by atoms with van der Waals surface area (Å²) in [6.45, 7) is 3.23. The first kappa shape index (κ1) is 15.5. The van der Waals surface area contributed by atoms with Gasteiger partial charge in [0, 0.05) is 17.1 Å². The molecule has 20 heavy (non-hydrogen) atoms. The predicted molar refractivity (Wildman–Crippen MR) is 91.0 cm³/mol. The van der Waals surface area contributed by atoms with E-state index in [4.69, 9.17) is 5.73 Å². The molecule has 1 aromatic carbocycles. The number of carbonyl (C=O) groups is 1. The van der Waals surface area contributed by atoms with Gasteiger partial charge in [0.05, 0.1) is 20.4 Å². The van der Waals surface area contributed by atoms with Crippen LogP contribution in [0.25, 0.3) is 0 Å². The highest BCUT2D eigenvalue weighted by atomic mass is 79.9. The molecule has 0 radical (unpaired) electrons. The van der Waals surface area contributed by atoms with E-state index in [0.717, 1.165) is 8.66 Å². The molecule has 2 rings (SSSR count). The maximum atomic E-state index is 12.6. The highest BCUT2D eigenvalue weighted by Crippen LogP contribution is 2.27. The third kappa shape index (κ3) is 3.42. The van der Waals surface area contributed by atoms with Gasteiger partial charge in [0.1, 0.15) is 0 Å². The van der Waals surface area contributed by atoms with E-state index in [-0.39, 0.29) is 5.91 Å². The SMILES string of the molecule is CCN(Cc1ccc(Br)s1)C(=O)c1cccc(N)c1Br. The Hall–Kier alpha value is -0.850. The zero-order valence-electron chi connectivity index (χ0n) is 10.9. The van der Waals surface area contributed by atoms with Crippen molar-refractivity contribution in [1.82, 2.24) is 4.90 Å². The molecule has 6 heteroatoms. The van der Waals surface area contributed by atoms with Crippen molar-refractivity contribution in [3.05, 3.63) is 49.0 Å². The van der Waals surface area contributed by atoms with Crippen LogP contribution in [0.3, 0.4) is 0 Å². The second-order valence-electron chi connectivity index (χ2n) is 4.23. The highest BCUT2D eigenvalue weighted by molar-refractivity contribution is 9.11. The number of rotatable bonds is 4. The van der Waals surface area contributed by atoms with Crippen LogP contribution in [-0.2, 0) is 6.54 Å². The van der Waals surface area contributed by atoms with Gasteiger partial charge in [-0.3, -0.25) is 4.79 Å². The van der Waals surface area contributed by atoms with E-state index in [1.807, 2.05) is 19.1 Å². The molecule has 0 spiro atoms. The first-order valence-corrected chi connectivity index (χ1v) is 8.50. The number of nitrogen functional groups attached to an aromatic ring is 1. The molecular formula is C14H14Br2N2OS. The Kier molecular flexibility index (Phi) is 5.23. The molecule has 0 aliphatic carbocycles. The average molecular weight is 418 g/mol. The largest absolute Gasteiger partial charge is 0.398 e. The smallest absolute Gasteiger partial charge is 0.255 e. The van der Waals surface area contributed by atoms with Crippen LogP contribution in [0.4, 0.5) is 5.69 Å². The molecule has 0 bridgehead atoms. The van der Waals surface area contributed by atoms with Gasteiger partial charge in [-0.2, -0.15) is 0 Å². The van der Waals surface area contributed by atoms with E-state index in [1.165, 1.54) is 0 Å². The number of anilines is 1. The average Bonchev–Trinajstić information content (AvgIpc) is 2.84. The fraction of sp³-hybridized carbons (Fsp3) is 0.214. The topological polar surface area (TPSA) is 46.3 Å². The quantitative estimate of drug-likeness (QED) is 0.743. The number of hydrogen-bond donors (Lipinski definition) is 1. The third-order valence-electron chi connectivity index (χ3n) is 2.90. The molecule has 0 saturated carbocycles. The van der Waals surface area contributed by atoms with E-state index in [9.17, 15) is 4.79 Å². The first-order valence-electron chi connectivity index (χ1n) is 6.10. The molecule has 0 fully saturated rings. The number of nitrogens with two attached hydrogens (primary N) is 1. The van der Waals surface area contributed by atoms with Crippen LogP contribution in [0, 0.1) is 0 Å². The van der Waals surface area contributed by atoms with Crippen LogP contribution < -0.4 is 5.73 Å². The lowest BCUT2D eigenvalue weighted by atomic mass is 10.1. The van der Waals surface area contributed by atoms with Gasteiger partial charge in [-0.15, -0.1) is 11.3 Å². The molecular weight excluding hydrogens is 404 g/mol. The van der Waals surface area contributed by atoms with Crippen molar-refractivity contribution in [2.45, 2.75) is 13.5 Å². The van der Waals surface area contributed by atoms with Crippen LogP contribution in [0.1, 0.15) is 22.2 Å². The Morgan fingerprint density at radius 2 is 2.05 bits per heavy atom. The molecule has 3 nitrogen and oxygen atoms in total. The van der Waals surface area contributed by atoms with Gasteiger partial charge in [0.15, 0.2) is 0 Å². The fourth-order valence-corrected chi connectivity index (χ4v) is 3.77. The molecule has 0 unspecified atom stereocenters. The van der Waals surface area contributed by atoms with Crippen LogP contribution in [0.15, 0.2) is 38.6 Å². The Labute approximate surface area is 139 Å². The number of thiophene rings is 1. The molecule has 1 aromatic heterocycles. The minimum atomic E-state index is -0.0174. The minimum absolute atomic E-state index is 0.0174. The van der Waals surface area contributed by atoms with E-state index < -0.39 is 0 Å². The van der Waals surface area contributed by atoms with E-state index >= 15 is 0 Å². The van der Waals surface area contributed by atoms with Gasteiger partial charge in [-0.1, -0.05) is 6.07 Å². The summed E-state index contributed by atoms with van der Waals surface area (Å²) in [6, 6.07) is 9.38. The minimum Gasteiger partial charge on any atom is -0.398 e. The van der Waals surface area contributed by atoms with E-state index in [0.29, 0.717) is 28.8 Å². The molecule has 2 N–H and O–H groups in total. The van der Waals surface area contributed by atoms with Gasteiger partial charge in [-0.05, 0) is 63.0 Å². The maximum Gasteiger partial charge on any atom is 0.255 e. The van der Waals surface area contributed by atoms with Crippen LogP contribution in [-0.4, -0.2) is 17.4 Å². The Balaban J connectivity index is 2.23. The summed E-state index contributed by atoms with van der Waals surface area (Å²) in [4.78, 5) is 15.5. The highest BCUT2D eigenvalue weighted by Gasteiger charge is 2.18. The molecule has 2 aromatic rings. The van der Waals surface area contributed by atoms with Crippen molar-refractivity contribution in [3.8, 4) is 0 Å². The van der Waals surface area contributed by atoms with E-state index in [1.54, 1.807) is 34.4 Å². The second kappa shape index (κ2) is 6.74. The summed E-state index contributed by atoms with van der Waals surface area (Å²) in [5.41, 5.74) is 7.01. The van der Waals surface area contributed by atoms with Crippen molar-refractivity contribution in [3.63, 3.8) is 0 Å². The maximum absolute atomic E-state index is 12.6. The number of hydrogen-bond acceptors (Lipinski definition) is 3. The van der Waals surface area contributed by atoms with Crippen molar-refractivity contribution in [1.29, 1.82) is 0 Å². The van der Waals surface area contributed by atoms with Gasteiger partial charge >= 0.3 is 0 Å². The van der Waals surface area contributed by atoms with Crippen LogP contribution in [0.5, 0.6) is 0 Å². The Morgan fingerprint density at radius 3 is 2.65 bits per heavy atom. The van der Waals surface area contributed by atoms with Gasteiger partial charge < -0.3 is 10.6 Å². The summed E-state index contributed by atoms with van der Waals surface area (Å²) in [7, 11) is 0. The van der Waals surface area contributed by atoms with Crippen LogP contribution in [0.2, 0.25) is 0 Å². The zero-order valence-corrected chi connectivity index (χ0v) is 14.9.